The lowest BCUT2D eigenvalue weighted by atomic mass is 10.0. The predicted molar refractivity (Wildman–Crippen MR) is 66.8 cm³/mol. The first kappa shape index (κ1) is 12.5. The number of nitrogens with one attached hydrogen (secondary N) is 1. The Hall–Kier alpha value is -1.00. The van der Waals surface area contributed by atoms with Crippen LogP contribution in [0.5, 0.6) is 0 Å². The molecule has 0 amide bonds. The van der Waals surface area contributed by atoms with Gasteiger partial charge in [0.25, 0.3) is 0 Å². The van der Waals surface area contributed by atoms with Crippen molar-refractivity contribution in [3.8, 4) is 0 Å². The summed E-state index contributed by atoms with van der Waals surface area (Å²) in [6.45, 7) is 6.11. The summed E-state index contributed by atoms with van der Waals surface area (Å²) in [6, 6.07) is 0. The lowest BCUT2D eigenvalue weighted by Gasteiger charge is -2.21. The van der Waals surface area contributed by atoms with E-state index in [2.05, 4.69) is 29.1 Å². The van der Waals surface area contributed by atoms with E-state index >= 15 is 0 Å². The number of aryl methyl sites for hydroxylation is 1. The van der Waals surface area contributed by atoms with Crippen LogP contribution in [0.4, 0.5) is 0 Å². The second-order valence-electron chi connectivity index (χ2n) is 4.53. The van der Waals surface area contributed by atoms with Gasteiger partial charge in [-0.2, -0.15) is 0 Å². The van der Waals surface area contributed by atoms with Crippen LogP contribution in [0, 0.1) is 6.92 Å². The van der Waals surface area contributed by atoms with Gasteiger partial charge in [-0.1, -0.05) is 13.3 Å². The van der Waals surface area contributed by atoms with Crippen LogP contribution in [0.15, 0.2) is 0 Å². The molecule has 4 nitrogen and oxygen atoms in total. The first-order valence-corrected chi connectivity index (χ1v) is 6.36. The van der Waals surface area contributed by atoms with Gasteiger partial charge in [0.1, 0.15) is 6.10 Å². The van der Waals surface area contributed by atoms with Crippen LogP contribution >= 0.6 is 0 Å². The molecule has 0 aliphatic carbocycles. The Kier molecular flexibility index (Phi) is 4.07. The second-order valence-corrected chi connectivity index (χ2v) is 4.53. The first-order chi connectivity index (χ1) is 8.26. The van der Waals surface area contributed by atoms with E-state index in [0.717, 1.165) is 49.6 Å². The van der Waals surface area contributed by atoms with Crippen LogP contribution in [-0.4, -0.2) is 23.6 Å². The van der Waals surface area contributed by atoms with Gasteiger partial charge in [0, 0.05) is 19.3 Å². The minimum atomic E-state index is 0.0333. The second kappa shape index (κ2) is 5.56. The summed E-state index contributed by atoms with van der Waals surface area (Å²) in [4.78, 5) is 9.28. The Labute approximate surface area is 103 Å². The highest BCUT2D eigenvalue weighted by Crippen LogP contribution is 2.22. The molecule has 1 unspecified atom stereocenters. The summed E-state index contributed by atoms with van der Waals surface area (Å²) in [6.07, 6.45) is 3.12. The van der Waals surface area contributed by atoms with Crippen LogP contribution < -0.4 is 5.32 Å². The Balaban J connectivity index is 2.32. The molecule has 0 saturated heterocycles. The third-order valence-corrected chi connectivity index (χ3v) is 3.28. The van der Waals surface area contributed by atoms with Crippen molar-refractivity contribution in [1.82, 2.24) is 15.3 Å². The minimum Gasteiger partial charge on any atom is -0.373 e. The molecule has 0 radical (unpaired) electrons. The van der Waals surface area contributed by atoms with Gasteiger partial charge in [-0.05, 0) is 31.9 Å². The Morgan fingerprint density at radius 1 is 1.41 bits per heavy atom. The van der Waals surface area contributed by atoms with Gasteiger partial charge >= 0.3 is 0 Å². The molecule has 0 spiro atoms. The summed E-state index contributed by atoms with van der Waals surface area (Å²) in [5, 5.41) is 3.35. The third kappa shape index (κ3) is 2.64. The summed E-state index contributed by atoms with van der Waals surface area (Å²) in [7, 11) is 1.73. The van der Waals surface area contributed by atoms with Gasteiger partial charge in [-0.3, -0.25) is 0 Å². The molecule has 0 bridgehead atoms. The van der Waals surface area contributed by atoms with Crippen molar-refractivity contribution in [3.63, 3.8) is 0 Å². The van der Waals surface area contributed by atoms with Crippen LogP contribution in [0.1, 0.15) is 48.6 Å². The highest BCUT2D eigenvalue weighted by atomic mass is 16.5. The molecule has 1 aromatic heterocycles. The topological polar surface area (TPSA) is 47.0 Å². The summed E-state index contributed by atoms with van der Waals surface area (Å²) in [5.41, 5.74) is 3.58. The van der Waals surface area contributed by atoms with Gasteiger partial charge in [0.15, 0.2) is 5.82 Å². The highest BCUT2D eigenvalue weighted by molar-refractivity contribution is 5.27. The van der Waals surface area contributed by atoms with Crippen molar-refractivity contribution in [2.75, 3.05) is 13.7 Å². The fraction of sp³-hybridized carbons (Fsp3) is 0.692. The van der Waals surface area contributed by atoms with Crippen molar-refractivity contribution in [3.05, 3.63) is 22.8 Å². The number of fused-ring (bicyclic) bond motifs is 1. The molecule has 2 rings (SSSR count). The fourth-order valence-corrected chi connectivity index (χ4v) is 2.33. The predicted octanol–water partition coefficient (Wildman–Crippen LogP) is 1.92. The first-order valence-electron chi connectivity index (χ1n) is 6.36. The summed E-state index contributed by atoms with van der Waals surface area (Å²) < 4.78 is 5.48. The van der Waals surface area contributed by atoms with E-state index < -0.39 is 0 Å². The van der Waals surface area contributed by atoms with E-state index in [-0.39, 0.29) is 6.10 Å². The summed E-state index contributed by atoms with van der Waals surface area (Å²) in [5.74, 6) is 0.842. The molecule has 1 N–H and O–H groups in total. The third-order valence-electron chi connectivity index (χ3n) is 3.28. The van der Waals surface area contributed by atoms with Gasteiger partial charge in [0.05, 0.1) is 5.69 Å². The Bertz CT molecular complexity index is 392. The smallest absolute Gasteiger partial charge is 0.157 e. The fourth-order valence-electron chi connectivity index (χ4n) is 2.33. The summed E-state index contributed by atoms with van der Waals surface area (Å²) >= 11 is 0. The molecule has 17 heavy (non-hydrogen) atoms. The van der Waals surface area contributed by atoms with Crippen LogP contribution in [0.2, 0.25) is 0 Å². The van der Waals surface area contributed by atoms with Gasteiger partial charge < -0.3 is 10.1 Å². The highest BCUT2D eigenvalue weighted by Gasteiger charge is 2.19. The Morgan fingerprint density at radius 2 is 2.24 bits per heavy atom. The van der Waals surface area contributed by atoms with Crippen LogP contribution in [0.25, 0.3) is 0 Å². The number of ether oxygens (including phenoxy) is 1. The zero-order chi connectivity index (χ0) is 12.3. The van der Waals surface area contributed by atoms with E-state index in [4.69, 9.17) is 4.74 Å². The number of rotatable bonds is 4. The van der Waals surface area contributed by atoms with E-state index in [1.165, 1.54) is 5.56 Å². The molecule has 2 heterocycles. The molecule has 94 valence electrons. The normalized spacial score (nSPS) is 16.6. The van der Waals surface area contributed by atoms with Crippen molar-refractivity contribution in [2.24, 2.45) is 0 Å². The zero-order valence-electron chi connectivity index (χ0n) is 10.9. The van der Waals surface area contributed by atoms with Crippen LogP contribution in [0.3, 0.4) is 0 Å². The zero-order valence-corrected chi connectivity index (χ0v) is 10.9. The van der Waals surface area contributed by atoms with Crippen LogP contribution in [-0.2, 0) is 17.7 Å². The molecule has 1 aliphatic heterocycles. The number of aromatic nitrogens is 2. The van der Waals surface area contributed by atoms with Crippen molar-refractivity contribution >= 4 is 0 Å². The molecular weight excluding hydrogens is 214 g/mol. The molecule has 1 aromatic rings. The molecule has 0 aromatic carbocycles. The van der Waals surface area contributed by atoms with E-state index in [1.54, 1.807) is 7.11 Å². The average molecular weight is 235 g/mol. The van der Waals surface area contributed by atoms with Crippen molar-refractivity contribution in [1.29, 1.82) is 0 Å². The molecule has 1 aliphatic rings. The van der Waals surface area contributed by atoms with Gasteiger partial charge in [0.2, 0.25) is 0 Å². The molecule has 0 fully saturated rings. The quantitative estimate of drug-likeness (QED) is 0.866. The minimum absolute atomic E-state index is 0.0333. The monoisotopic (exact) mass is 235 g/mol. The largest absolute Gasteiger partial charge is 0.373 e. The molecule has 4 heteroatoms. The number of hydrogen-bond acceptors (Lipinski definition) is 4. The number of nitrogens with zero attached hydrogens (tertiary/aromatic N) is 2. The van der Waals surface area contributed by atoms with E-state index in [9.17, 15) is 0 Å². The maximum Gasteiger partial charge on any atom is 0.157 e. The molecular formula is C13H21N3O. The van der Waals surface area contributed by atoms with E-state index in [0.29, 0.717) is 0 Å². The average Bonchev–Trinajstić information content (AvgIpc) is 2.36. The Morgan fingerprint density at radius 3 is 2.94 bits per heavy atom. The van der Waals surface area contributed by atoms with Crippen molar-refractivity contribution < 1.29 is 4.74 Å². The number of hydrogen-bond donors (Lipinski definition) is 1. The lowest BCUT2D eigenvalue weighted by Crippen LogP contribution is -2.27. The van der Waals surface area contributed by atoms with Gasteiger partial charge in [-0.15, -0.1) is 0 Å². The maximum absolute atomic E-state index is 5.48. The molecule has 0 saturated carbocycles. The van der Waals surface area contributed by atoms with Gasteiger partial charge in [-0.25, -0.2) is 9.97 Å². The standard InChI is InChI=1S/C13H21N3O/c1-4-5-12(17-3)13-15-9(2)10-6-7-14-8-11(10)16-13/h12,14H,4-8H2,1-3H3. The molecule has 1 atom stereocenters. The maximum atomic E-state index is 5.48. The lowest BCUT2D eigenvalue weighted by molar-refractivity contribution is 0.0871. The number of methoxy groups -OCH3 is 1. The van der Waals surface area contributed by atoms with Crippen molar-refractivity contribution in [2.45, 2.75) is 45.8 Å². The van der Waals surface area contributed by atoms with E-state index in [1.807, 2.05) is 0 Å². The SMILES string of the molecule is CCCC(OC)c1nc(C)c2c(n1)CNCC2.